The van der Waals surface area contributed by atoms with Gasteiger partial charge in [0.25, 0.3) is 0 Å². The quantitative estimate of drug-likeness (QED) is 0.0605. The maximum absolute atomic E-state index is 13.9. The van der Waals surface area contributed by atoms with E-state index in [9.17, 15) is 92.2 Å². The molecule has 0 aliphatic heterocycles. The minimum Gasteiger partial charge on any atom is -0.394 e. The first-order valence-electron chi connectivity index (χ1n) is 14.9. The lowest BCUT2D eigenvalue weighted by Crippen LogP contribution is -2.76. The van der Waals surface area contributed by atoms with Gasteiger partial charge in [0.15, 0.2) is 0 Å². The first-order valence-corrected chi connectivity index (χ1v) is 14.9. The van der Waals surface area contributed by atoms with Crippen LogP contribution in [0.15, 0.2) is 0 Å². The molecule has 8 nitrogen and oxygen atoms in total. The van der Waals surface area contributed by atoms with Gasteiger partial charge in [-0.1, -0.05) is 0 Å². The van der Waals surface area contributed by atoms with Crippen LogP contribution in [-0.4, -0.2) is 164 Å². The summed E-state index contributed by atoms with van der Waals surface area (Å²) >= 11 is 0. The standard InChI is InChI=1S/C26H33F21O8/c27-17(28,1-3-49-5-7-51-9-11-53-13-15-55-16-14-54-12-10-52-8-6-50-4-2-48)18(29,30)19(31,32)20(33,34)21(35,36)22(37,38)23(39,40)24(41,42)25(43,44)26(45,46)47/h48H,1-16H2. The van der Waals surface area contributed by atoms with Gasteiger partial charge in [-0.2, -0.15) is 92.2 Å². The Hall–Kier alpha value is -1.79. The third-order valence-electron chi connectivity index (χ3n) is 6.60. The van der Waals surface area contributed by atoms with Gasteiger partial charge in [0.05, 0.1) is 99.1 Å². The molecule has 0 rings (SSSR count). The molecule has 1 N–H and O–H groups in total. The first kappa shape index (κ1) is 53.2. The van der Waals surface area contributed by atoms with Crippen LogP contribution in [0.4, 0.5) is 92.2 Å². The van der Waals surface area contributed by atoms with Crippen molar-refractivity contribution >= 4 is 0 Å². The van der Waals surface area contributed by atoms with E-state index in [-0.39, 0.29) is 66.1 Å². The molecular weight excluding hydrogens is 839 g/mol. The minimum atomic E-state index is -9.21. The summed E-state index contributed by atoms with van der Waals surface area (Å²) in [6.45, 7) is -1.99. The summed E-state index contributed by atoms with van der Waals surface area (Å²) in [6.07, 6.45) is -10.9. The molecule has 0 saturated carbocycles. The Morgan fingerprint density at radius 3 is 0.691 bits per heavy atom. The molecule has 0 aliphatic rings. The van der Waals surface area contributed by atoms with Crippen LogP contribution in [0, 0.1) is 0 Å². The highest BCUT2D eigenvalue weighted by molar-refractivity contribution is 5.17. The summed E-state index contributed by atoms with van der Waals surface area (Å²) < 4.78 is 317. The topological polar surface area (TPSA) is 84.8 Å². The van der Waals surface area contributed by atoms with Crippen LogP contribution < -0.4 is 0 Å². The molecule has 332 valence electrons. The Kier molecular flexibility index (Phi) is 20.1. The summed E-state index contributed by atoms with van der Waals surface area (Å²) in [7, 11) is 0. The van der Waals surface area contributed by atoms with E-state index in [1.165, 1.54) is 0 Å². The molecule has 0 aliphatic carbocycles. The Morgan fingerprint density at radius 2 is 0.455 bits per heavy atom. The van der Waals surface area contributed by atoms with Crippen molar-refractivity contribution in [3.05, 3.63) is 0 Å². The lowest BCUT2D eigenvalue weighted by Gasteiger charge is -2.44. The zero-order chi connectivity index (χ0) is 43.3. The zero-order valence-electron chi connectivity index (χ0n) is 27.6. The fourth-order valence-corrected chi connectivity index (χ4v) is 3.43. The fraction of sp³-hybridized carbons (Fsp3) is 1.00. The molecule has 29 heteroatoms. The average molecular weight is 873 g/mol. The van der Waals surface area contributed by atoms with Crippen molar-refractivity contribution in [3.8, 4) is 0 Å². The summed E-state index contributed by atoms with van der Waals surface area (Å²) in [6, 6.07) is 0. The molecule has 0 heterocycles. The SMILES string of the molecule is OCCOCCOCCOCCOCCOCCOCCOCCC(F)(F)C(F)(F)C(F)(F)C(F)(F)C(F)(F)C(F)(F)C(F)(F)C(F)(F)C(F)(F)C(F)(F)F. The molecule has 0 unspecified atom stereocenters. The van der Waals surface area contributed by atoms with Gasteiger partial charge in [-0.3, -0.25) is 0 Å². The van der Waals surface area contributed by atoms with Crippen LogP contribution >= 0.6 is 0 Å². The van der Waals surface area contributed by atoms with E-state index in [0.717, 1.165) is 0 Å². The van der Waals surface area contributed by atoms with Crippen LogP contribution in [0.5, 0.6) is 0 Å². The third kappa shape index (κ3) is 12.1. The van der Waals surface area contributed by atoms with E-state index >= 15 is 0 Å². The molecule has 0 aromatic carbocycles. The monoisotopic (exact) mass is 872 g/mol. The molecule has 0 bridgehead atoms. The molecule has 0 radical (unpaired) electrons. The maximum atomic E-state index is 13.9. The second-order valence-corrected chi connectivity index (χ2v) is 10.6. The number of aliphatic hydroxyl groups excluding tert-OH is 1. The molecule has 55 heavy (non-hydrogen) atoms. The van der Waals surface area contributed by atoms with Gasteiger partial charge in [-0.15, -0.1) is 0 Å². The van der Waals surface area contributed by atoms with Crippen LogP contribution in [0.25, 0.3) is 0 Å². The normalized spacial score (nSPS) is 14.9. The molecule has 0 saturated heterocycles. The van der Waals surface area contributed by atoms with Crippen LogP contribution in [0.3, 0.4) is 0 Å². The van der Waals surface area contributed by atoms with Crippen molar-refractivity contribution in [2.45, 2.75) is 65.9 Å². The van der Waals surface area contributed by atoms with Gasteiger partial charge in [-0.25, -0.2) is 0 Å². The highest BCUT2D eigenvalue weighted by Crippen LogP contribution is 2.66. The predicted octanol–water partition coefficient (Wildman–Crippen LogP) is 6.77. The number of hydrogen-bond donors (Lipinski definition) is 1. The molecule has 0 spiro atoms. The van der Waals surface area contributed by atoms with Crippen molar-refractivity contribution < 1.29 is 130 Å². The van der Waals surface area contributed by atoms with E-state index < -0.39 is 85.7 Å². The van der Waals surface area contributed by atoms with Crippen molar-refractivity contribution in [2.75, 3.05) is 99.1 Å². The summed E-state index contributed by atoms with van der Waals surface area (Å²) in [5.74, 6) is -77.2. The lowest BCUT2D eigenvalue weighted by atomic mass is 9.86. The van der Waals surface area contributed by atoms with Crippen molar-refractivity contribution in [2.24, 2.45) is 0 Å². The van der Waals surface area contributed by atoms with Crippen LogP contribution in [0.1, 0.15) is 6.42 Å². The minimum absolute atomic E-state index is 0.0241. The van der Waals surface area contributed by atoms with Crippen LogP contribution in [0.2, 0.25) is 0 Å². The Labute approximate surface area is 296 Å². The summed E-state index contributed by atoms with van der Waals surface area (Å²) in [5.41, 5.74) is 0. The van der Waals surface area contributed by atoms with Crippen LogP contribution in [-0.2, 0) is 33.2 Å². The third-order valence-corrected chi connectivity index (χ3v) is 6.60. The average Bonchev–Trinajstić information content (AvgIpc) is 3.05. The van der Waals surface area contributed by atoms with Gasteiger partial charge in [-0.05, 0) is 0 Å². The Morgan fingerprint density at radius 1 is 0.255 bits per heavy atom. The van der Waals surface area contributed by atoms with Crippen molar-refractivity contribution in [1.82, 2.24) is 0 Å². The first-order chi connectivity index (χ1) is 24.8. The largest absolute Gasteiger partial charge is 0.460 e. The number of ether oxygens (including phenoxy) is 7. The summed E-state index contributed by atoms with van der Waals surface area (Å²) in [4.78, 5) is 0. The molecule has 0 fully saturated rings. The van der Waals surface area contributed by atoms with Gasteiger partial charge in [0, 0.05) is 6.42 Å². The number of rotatable bonds is 31. The number of hydrogen-bond acceptors (Lipinski definition) is 8. The molecule has 0 aromatic heterocycles. The van der Waals surface area contributed by atoms with E-state index in [4.69, 9.17) is 33.5 Å². The highest BCUT2D eigenvalue weighted by Gasteiger charge is 2.97. The van der Waals surface area contributed by atoms with Gasteiger partial charge < -0.3 is 38.3 Å². The predicted molar refractivity (Wildman–Crippen MR) is 138 cm³/mol. The lowest BCUT2D eigenvalue weighted by molar-refractivity contribution is -0.474. The maximum Gasteiger partial charge on any atom is 0.460 e. The van der Waals surface area contributed by atoms with Crippen molar-refractivity contribution in [3.63, 3.8) is 0 Å². The Balaban J connectivity index is 4.90. The van der Waals surface area contributed by atoms with E-state index in [1.54, 1.807) is 0 Å². The van der Waals surface area contributed by atoms with Crippen molar-refractivity contribution in [1.29, 1.82) is 0 Å². The van der Waals surface area contributed by atoms with E-state index in [1.807, 2.05) is 0 Å². The number of halogens is 21. The molecule has 0 aromatic rings. The fourth-order valence-electron chi connectivity index (χ4n) is 3.43. The highest BCUT2D eigenvalue weighted by atomic mass is 19.4. The van der Waals surface area contributed by atoms with E-state index in [2.05, 4.69) is 4.74 Å². The molecular formula is C26H33F21O8. The van der Waals surface area contributed by atoms with Gasteiger partial charge in [0.1, 0.15) is 0 Å². The number of aliphatic hydroxyl groups is 1. The zero-order valence-corrected chi connectivity index (χ0v) is 27.6. The summed E-state index contributed by atoms with van der Waals surface area (Å²) in [5, 5.41) is 8.51. The number of alkyl halides is 21. The van der Waals surface area contributed by atoms with Gasteiger partial charge >= 0.3 is 59.5 Å². The smallest absolute Gasteiger partial charge is 0.394 e. The van der Waals surface area contributed by atoms with Gasteiger partial charge in [0.2, 0.25) is 0 Å². The Bertz CT molecular complexity index is 1090. The van der Waals surface area contributed by atoms with E-state index in [0.29, 0.717) is 13.2 Å². The second-order valence-electron chi connectivity index (χ2n) is 10.6. The second kappa shape index (κ2) is 20.8. The molecule has 0 atom stereocenters. The molecule has 0 amide bonds.